The molecule has 0 bridgehead atoms. The fourth-order valence-electron chi connectivity index (χ4n) is 2.72. The van der Waals surface area contributed by atoms with Gasteiger partial charge in [-0.3, -0.25) is 14.9 Å². The SMILES string of the molecule is CCOc1cc(C(=O)NCc2ccc(NC(=O)NC(C)C)cc2)c([N+](=O)[O-])cc1OC. The molecule has 0 saturated heterocycles. The standard InChI is InChI=1S/C21H26N4O6/c1-5-31-19-10-16(17(25(28)29)11-18(19)30-4)20(26)22-12-14-6-8-15(9-7-14)24-21(27)23-13(2)3/h6-11,13H,5,12H2,1-4H3,(H,22,26)(H2,23,24,27). The van der Waals surface area contributed by atoms with E-state index in [9.17, 15) is 19.7 Å². The van der Waals surface area contributed by atoms with E-state index in [-0.39, 0.29) is 41.4 Å². The van der Waals surface area contributed by atoms with Crippen molar-refractivity contribution in [2.75, 3.05) is 19.0 Å². The molecule has 3 N–H and O–H groups in total. The van der Waals surface area contributed by atoms with Gasteiger partial charge in [-0.15, -0.1) is 0 Å². The second-order valence-electron chi connectivity index (χ2n) is 6.84. The summed E-state index contributed by atoms with van der Waals surface area (Å²) >= 11 is 0. The summed E-state index contributed by atoms with van der Waals surface area (Å²) in [5.41, 5.74) is 0.844. The van der Waals surface area contributed by atoms with Crippen LogP contribution in [0.15, 0.2) is 36.4 Å². The number of rotatable bonds is 9. The monoisotopic (exact) mass is 430 g/mol. The third kappa shape index (κ3) is 6.59. The van der Waals surface area contributed by atoms with Crippen molar-refractivity contribution in [1.82, 2.24) is 10.6 Å². The molecule has 10 nitrogen and oxygen atoms in total. The van der Waals surface area contributed by atoms with Crippen molar-refractivity contribution >= 4 is 23.3 Å². The van der Waals surface area contributed by atoms with Crippen molar-refractivity contribution in [2.24, 2.45) is 0 Å². The first-order chi connectivity index (χ1) is 14.7. The molecule has 0 aliphatic rings. The molecule has 0 spiro atoms. The minimum absolute atomic E-state index is 0.0136. The second-order valence-corrected chi connectivity index (χ2v) is 6.84. The number of nitro groups is 1. The van der Waals surface area contributed by atoms with Gasteiger partial charge >= 0.3 is 6.03 Å². The molecule has 10 heteroatoms. The average Bonchev–Trinajstić information content (AvgIpc) is 2.72. The van der Waals surface area contributed by atoms with Crippen LogP contribution in [0.1, 0.15) is 36.7 Å². The van der Waals surface area contributed by atoms with Crippen LogP contribution in [-0.2, 0) is 6.54 Å². The first-order valence-electron chi connectivity index (χ1n) is 9.69. The van der Waals surface area contributed by atoms with Crippen molar-refractivity contribution in [3.63, 3.8) is 0 Å². The maximum Gasteiger partial charge on any atom is 0.319 e. The number of methoxy groups -OCH3 is 1. The lowest BCUT2D eigenvalue weighted by Crippen LogP contribution is -2.34. The summed E-state index contributed by atoms with van der Waals surface area (Å²) in [6.07, 6.45) is 0. The molecule has 0 saturated carbocycles. The number of ether oxygens (including phenoxy) is 2. The molecule has 0 unspecified atom stereocenters. The van der Waals surface area contributed by atoms with Gasteiger partial charge in [-0.05, 0) is 38.5 Å². The molecule has 3 amide bonds. The molecule has 31 heavy (non-hydrogen) atoms. The molecule has 0 fully saturated rings. The van der Waals surface area contributed by atoms with Crippen molar-refractivity contribution < 1.29 is 24.0 Å². The van der Waals surface area contributed by atoms with Gasteiger partial charge in [0.2, 0.25) is 0 Å². The third-order valence-corrected chi connectivity index (χ3v) is 4.11. The number of hydrogen-bond donors (Lipinski definition) is 3. The summed E-state index contributed by atoms with van der Waals surface area (Å²) in [6.45, 7) is 5.92. The van der Waals surface area contributed by atoms with E-state index in [0.29, 0.717) is 12.3 Å². The Morgan fingerprint density at radius 1 is 1.13 bits per heavy atom. The summed E-state index contributed by atoms with van der Waals surface area (Å²) < 4.78 is 10.5. The Labute approximate surface area is 180 Å². The molecule has 0 aliphatic carbocycles. The third-order valence-electron chi connectivity index (χ3n) is 4.11. The maximum atomic E-state index is 12.6. The van der Waals surface area contributed by atoms with Crippen LogP contribution in [0, 0.1) is 10.1 Å². The van der Waals surface area contributed by atoms with Gasteiger partial charge in [0.15, 0.2) is 11.5 Å². The first kappa shape index (κ1) is 23.5. The predicted molar refractivity (Wildman–Crippen MR) is 116 cm³/mol. The van der Waals surface area contributed by atoms with Crippen LogP contribution >= 0.6 is 0 Å². The van der Waals surface area contributed by atoms with E-state index in [1.54, 1.807) is 31.2 Å². The Kier molecular flexibility index (Phi) is 8.18. The number of urea groups is 1. The number of hydrogen-bond acceptors (Lipinski definition) is 6. The van der Waals surface area contributed by atoms with Crippen LogP contribution < -0.4 is 25.4 Å². The summed E-state index contributed by atoms with van der Waals surface area (Å²) in [5.74, 6) is -0.195. The Bertz CT molecular complexity index is 944. The fraction of sp³-hybridized carbons (Fsp3) is 0.333. The van der Waals surface area contributed by atoms with Gasteiger partial charge in [-0.1, -0.05) is 12.1 Å². The van der Waals surface area contributed by atoms with E-state index in [0.717, 1.165) is 5.56 Å². The zero-order chi connectivity index (χ0) is 23.0. The smallest absolute Gasteiger partial charge is 0.319 e. The van der Waals surface area contributed by atoms with E-state index in [2.05, 4.69) is 16.0 Å². The highest BCUT2D eigenvalue weighted by Crippen LogP contribution is 2.34. The van der Waals surface area contributed by atoms with Crippen molar-refractivity contribution in [2.45, 2.75) is 33.4 Å². The molecule has 2 rings (SSSR count). The lowest BCUT2D eigenvalue weighted by Gasteiger charge is -2.12. The molecule has 0 radical (unpaired) electrons. The van der Waals surface area contributed by atoms with E-state index in [4.69, 9.17) is 9.47 Å². The van der Waals surface area contributed by atoms with Crippen LogP contribution in [0.25, 0.3) is 0 Å². The quantitative estimate of drug-likeness (QED) is 0.412. The molecule has 0 aromatic heterocycles. The van der Waals surface area contributed by atoms with Crippen LogP contribution in [0.2, 0.25) is 0 Å². The van der Waals surface area contributed by atoms with Gasteiger partial charge in [-0.25, -0.2) is 4.79 Å². The van der Waals surface area contributed by atoms with Gasteiger partial charge in [0.25, 0.3) is 11.6 Å². The highest BCUT2D eigenvalue weighted by Gasteiger charge is 2.24. The minimum atomic E-state index is -0.643. The Balaban J connectivity index is 2.10. The highest BCUT2D eigenvalue weighted by molar-refractivity contribution is 5.99. The van der Waals surface area contributed by atoms with Crippen LogP contribution in [0.5, 0.6) is 11.5 Å². The van der Waals surface area contributed by atoms with Gasteiger partial charge in [0, 0.05) is 24.3 Å². The summed E-state index contributed by atoms with van der Waals surface area (Å²) in [7, 11) is 1.37. The van der Waals surface area contributed by atoms with Crippen molar-refractivity contribution in [1.29, 1.82) is 0 Å². The number of benzene rings is 2. The molecule has 0 aliphatic heterocycles. The molecule has 166 valence electrons. The lowest BCUT2D eigenvalue weighted by molar-refractivity contribution is -0.385. The van der Waals surface area contributed by atoms with Gasteiger partial charge < -0.3 is 25.4 Å². The normalized spacial score (nSPS) is 10.4. The number of nitrogens with one attached hydrogen (secondary N) is 3. The van der Waals surface area contributed by atoms with E-state index in [1.165, 1.54) is 19.2 Å². The van der Waals surface area contributed by atoms with E-state index in [1.807, 2.05) is 13.8 Å². The van der Waals surface area contributed by atoms with Crippen LogP contribution in [-0.4, -0.2) is 36.6 Å². The average molecular weight is 430 g/mol. The zero-order valence-electron chi connectivity index (χ0n) is 17.9. The molecule has 2 aromatic carbocycles. The second kappa shape index (κ2) is 10.8. The van der Waals surface area contributed by atoms with Crippen LogP contribution in [0.3, 0.4) is 0 Å². The first-order valence-corrected chi connectivity index (χ1v) is 9.69. The van der Waals surface area contributed by atoms with Crippen molar-refractivity contribution in [3.05, 3.63) is 57.6 Å². The number of carbonyl (C=O) groups is 2. The number of nitro benzene ring substituents is 1. The predicted octanol–water partition coefficient (Wildman–Crippen LogP) is 3.46. The lowest BCUT2D eigenvalue weighted by atomic mass is 10.1. The number of carbonyl (C=O) groups excluding carboxylic acids is 2. The van der Waals surface area contributed by atoms with E-state index < -0.39 is 10.8 Å². The minimum Gasteiger partial charge on any atom is -0.493 e. The van der Waals surface area contributed by atoms with Gasteiger partial charge in [0.1, 0.15) is 5.56 Å². The molecular formula is C21H26N4O6. The highest BCUT2D eigenvalue weighted by atomic mass is 16.6. The fourth-order valence-corrected chi connectivity index (χ4v) is 2.72. The Hall–Kier alpha value is -3.82. The summed E-state index contributed by atoms with van der Waals surface area (Å²) in [5, 5.41) is 19.5. The molecule has 0 atom stereocenters. The number of nitrogens with zero attached hydrogens (tertiary/aromatic N) is 1. The zero-order valence-corrected chi connectivity index (χ0v) is 17.9. The van der Waals surface area contributed by atoms with Gasteiger partial charge in [0.05, 0.1) is 24.7 Å². The Morgan fingerprint density at radius 3 is 2.35 bits per heavy atom. The molecule has 2 aromatic rings. The van der Waals surface area contributed by atoms with Crippen molar-refractivity contribution in [3.8, 4) is 11.5 Å². The van der Waals surface area contributed by atoms with E-state index >= 15 is 0 Å². The largest absolute Gasteiger partial charge is 0.493 e. The summed E-state index contributed by atoms with van der Waals surface area (Å²) in [4.78, 5) is 35.1. The molecular weight excluding hydrogens is 404 g/mol. The Morgan fingerprint density at radius 2 is 1.81 bits per heavy atom. The van der Waals surface area contributed by atoms with Gasteiger partial charge in [-0.2, -0.15) is 0 Å². The summed E-state index contributed by atoms with van der Waals surface area (Å²) in [6, 6.07) is 9.04. The molecule has 0 heterocycles. The topological polar surface area (TPSA) is 132 Å². The van der Waals surface area contributed by atoms with Crippen LogP contribution in [0.4, 0.5) is 16.2 Å². The number of anilines is 1. The maximum absolute atomic E-state index is 12.6. The number of amides is 3.